The Morgan fingerprint density at radius 3 is 2.28 bits per heavy atom. The molecule has 11 heteroatoms. The van der Waals surface area contributed by atoms with Crippen molar-refractivity contribution >= 4 is 46.9 Å². The van der Waals surface area contributed by atoms with Gasteiger partial charge in [0.2, 0.25) is 5.91 Å². The highest BCUT2D eigenvalue weighted by Crippen LogP contribution is 2.31. The van der Waals surface area contributed by atoms with Crippen molar-refractivity contribution in [1.29, 1.82) is 0 Å². The molecule has 0 atom stereocenters. The van der Waals surface area contributed by atoms with Crippen molar-refractivity contribution in [1.82, 2.24) is 10.2 Å². The van der Waals surface area contributed by atoms with Gasteiger partial charge in [0.25, 0.3) is 17.5 Å². The van der Waals surface area contributed by atoms with Crippen LogP contribution in [0.5, 0.6) is 0 Å². The normalized spacial score (nSPS) is 17.5. The molecular weight excluding hydrogens is 466 g/mol. The van der Waals surface area contributed by atoms with Crippen LogP contribution in [0.15, 0.2) is 42.0 Å². The first kappa shape index (κ1) is 24.6. The molecule has 2 aliphatic heterocycles. The monoisotopic (exact) mass is 491 g/mol. The minimum Gasteiger partial charge on any atom is -0.367 e. The minimum absolute atomic E-state index is 0.0404. The second-order valence-corrected chi connectivity index (χ2v) is 8.74. The van der Waals surface area contributed by atoms with E-state index in [0.29, 0.717) is 43.1 Å². The van der Waals surface area contributed by atoms with E-state index in [1.54, 1.807) is 30.0 Å². The van der Waals surface area contributed by atoms with Gasteiger partial charge in [-0.25, -0.2) is 9.69 Å². The van der Waals surface area contributed by atoms with Crippen molar-refractivity contribution in [3.63, 3.8) is 0 Å². The smallest absolute Gasteiger partial charge is 0.335 e. The molecule has 2 fully saturated rings. The van der Waals surface area contributed by atoms with E-state index in [-0.39, 0.29) is 22.7 Å². The first-order valence-electron chi connectivity index (χ1n) is 11.3. The number of nitrogens with zero attached hydrogens (tertiary/aromatic N) is 4. The summed E-state index contributed by atoms with van der Waals surface area (Å²) in [6, 6.07) is 8.53. The van der Waals surface area contributed by atoms with Crippen LogP contribution in [0.2, 0.25) is 0 Å². The lowest BCUT2D eigenvalue weighted by molar-refractivity contribution is -0.384. The molecule has 0 unspecified atom stereocenters. The zero-order valence-electron chi connectivity index (χ0n) is 20.1. The summed E-state index contributed by atoms with van der Waals surface area (Å²) in [5.41, 5.74) is 2.28. The number of benzene rings is 2. The number of anilines is 2. The number of urea groups is 1. The molecule has 0 aliphatic carbocycles. The second kappa shape index (κ2) is 9.61. The lowest BCUT2D eigenvalue weighted by Crippen LogP contribution is -2.54. The number of nitrogens with one attached hydrogen (secondary N) is 1. The Labute approximate surface area is 207 Å². The topological polar surface area (TPSA) is 133 Å². The molecule has 11 nitrogen and oxygen atoms in total. The van der Waals surface area contributed by atoms with Crippen LogP contribution in [0.25, 0.3) is 6.08 Å². The van der Waals surface area contributed by atoms with E-state index >= 15 is 0 Å². The van der Waals surface area contributed by atoms with Gasteiger partial charge in [-0.3, -0.25) is 29.8 Å². The Kier molecular flexibility index (Phi) is 6.56. The summed E-state index contributed by atoms with van der Waals surface area (Å²) in [7, 11) is 0. The molecule has 1 N–H and O–H groups in total. The van der Waals surface area contributed by atoms with E-state index in [0.717, 1.165) is 10.5 Å². The van der Waals surface area contributed by atoms with Crippen molar-refractivity contribution in [3.05, 3.63) is 68.8 Å². The van der Waals surface area contributed by atoms with Crippen molar-refractivity contribution < 1.29 is 24.1 Å². The number of nitro groups is 1. The number of imide groups is 2. The van der Waals surface area contributed by atoms with Gasteiger partial charge in [-0.05, 0) is 37.6 Å². The van der Waals surface area contributed by atoms with E-state index in [1.807, 2.05) is 17.9 Å². The maximum Gasteiger partial charge on any atom is 0.335 e. The molecule has 0 radical (unpaired) electrons. The highest BCUT2D eigenvalue weighted by molar-refractivity contribution is 6.39. The number of aryl methyl sites for hydroxylation is 2. The van der Waals surface area contributed by atoms with E-state index in [2.05, 4.69) is 5.32 Å². The molecule has 36 heavy (non-hydrogen) atoms. The van der Waals surface area contributed by atoms with Gasteiger partial charge in [-0.1, -0.05) is 17.7 Å². The summed E-state index contributed by atoms with van der Waals surface area (Å²) < 4.78 is 0. The van der Waals surface area contributed by atoms with Crippen molar-refractivity contribution in [2.45, 2.75) is 20.8 Å². The summed E-state index contributed by atoms with van der Waals surface area (Å²) in [5, 5.41) is 13.6. The quantitative estimate of drug-likeness (QED) is 0.301. The fraction of sp³-hybridized carbons (Fsp3) is 0.280. The Morgan fingerprint density at radius 1 is 1.00 bits per heavy atom. The standard InChI is InChI=1S/C25H25N5O6/c1-15-4-6-21(16(2)12-15)29-24(33)20(23(32)26-25(29)34)14-18-13-19(30(35)36)5-7-22(18)28-10-8-27(9-11-28)17(3)31/h4-7,12-14H,8-11H2,1-3H3,(H,26,32,34)/b20-14-. The maximum absolute atomic E-state index is 13.4. The van der Waals surface area contributed by atoms with E-state index < -0.39 is 22.8 Å². The molecular formula is C25H25N5O6. The Bertz CT molecular complexity index is 1330. The highest BCUT2D eigenvalue weighted by Gasteiger charge is 2.38. The fourth-order valence-electron chi connectivity index (χ4n) is 4.41. The lowest BCUT2D eigenvalue weighted by Gasteiger charge is -2.36. The number of amides is 5. The first-order chi connectivity index (χ1) is 17.1. The molecule has 2 aliphatic rings. The van der Waals surface area contributed by atoms with Gasteiger partial charge in [0, 0.05) is 56.5 Å². The van der Waals surface area contributed by atoms with Gasteiger partial charge in [-0.15, -0.1) is 0 Å². The number of carbonyl (C=O) groups is 4. The predicted molar refractivity (Wildman–Crippen MR) is 132 cm³/mol. The molecule has 0 saturated carbocycles. The predicted octanol–water partition coefficient (Wildman–Crippen LogP) is 2.55. The Balaban J connectivity index is 1.76. The van der Waals surface area contributed by atoms with Crippen molar-refractivity contribution in [3.8, 4) is 0 Å². The van der Waals surface area contributed by atoms with E-state index in [1.165, 1.54) is 25.1 Å². The third kappa shape index (κ3) is 4.67. The Hall–Kier alpha value is -4.54. The number of piperazine rings is 1. The third-order valence-corrected chi connectivity index (χ3v) is 6.28. The van der Waals surface area contributed by atoms with Crippen LogP contribution in [-0.4, -0.2) is 59.8 Å². The molecule has 2 saturated heterocycles. The summed E-state index contributed by atoms with van der Waals surface area (Å²) in [6.45, 7) is 7.01. The van der Waals surface area contributed by atoms with Crippen LogP contribution in [0.1, 0.15) is 23.6 Å². The van der Waals surface area contributed by atoms with Gasteiger partial charge in [0.15, 0.2) is 0 Å². The molecule has 5 amide bonds. The summed E-state index contributed by atoms with van der Waals surface area (Å²) in [5.74, 6) is -1.75. The minimum atomic E-state index is -0.884. The average molecular weight is 492 g/mol. The average Bonchev–Trinajstić information content (AvgIpc) is 2.83. The van der Waals surface area contributed by atoms with Crippen LogP contribution in [-0.2, 0) is 14.4 Å². The Morgan fingerprint density at radius 2 is 1.67 bits per heavy atom. The number of rotatable bonds is 4. The first-order valence-corrected chi connectivity index (χ1v) is 11.3. The number of nitro benzene ring substituents is 1. The molecule has 2 heterocycles. The van der Waals surface area contributed by atoms with Gasteiger partial charge in [0.1, 0.15) is 5.57 Å². The highest BCUT2D eigenvalue weighted by atomic mass is 16.6. The zero-order valence-corrected chi connectivity index (χ0v) is 20.1. The fourth-order valence-corrected chi connectivity index (χ4v) is 4.41. The summed E-state index contributed by atoms with van der Waals surface area (Å²) in [4.78, 5) is 65.8. The van der Waals surface area contributed by atoms with Gasteiger partial charge in [-0.2, -0.15) is 0 Å². The molecule has 0 spiro atoms. The van der Waals surface area contributed by atoms with Crippen LogP contribution in [0, 0.1) is 24.0 Å². The number of carbonyl (C=O) groups excluding carboxylic acids is 4. The van der Waals surface area contributed by atoms with Crippen LogP contribution in [0.3, 0.4) is 0 Å². The molecule has 0 aromatic heterocycles. The molecule has 186 valence electrons. The van der Waals surface area contributed by atoms with Crippen molar-refractivity contribution in [2.24, 2.45) is 0 Å². The largest absolute Gasteiger partial charge is 0.367 e. The maximum atomic E-state index is 13.4. The van der Waals surface area contributed by atoms with Crippen LogP contribution in [0.4, 0.5) is 21.9 Å². The van der Waals surface area contributed by atoms with Gasteiger partial charge in [0.05, 0.1) is 10.6 Å². The molecule has 4 rings (SSSR count). The molecule has 2 aromatic carbocycles. The van der Waals surface area contributed by atoms with E-state index in [4.69, 9.17) is 0 Å². The van der Waals surface area contributed by atoms with Crippen molar-refractivity contribution in [2.75, 3.05) is 36.0 Å². The van der Waals surface area contributed by atoms with E-state index in [9.17, 15) is 29.3 Å². The summed E-state index contributed by atoms with van der Waals surface area (Å²) in [6.07, 6.45) is 1.28. The number of barbiturate groups is 1. The summed E-state index contributed by atoms with van der Waals surface area (Å²) >= 11 is 0. The number of hydrogen-bond acceptors (Lipinski definition) is 7. The SMILES string of the molecule is CC(=O)N1CCN(c2ccc([N+](=O)[O-])cc2/C=C2/C(=O)NC(=O)N(c3ccc(C)cc3C)C2=O)CC1. The lowest BCUT2D eigenvalue weighted by atomic mass is 10.0. The third-order valence-electron chi connectivity index (χ3n) is 6.28. The van der Waals surface area contributed by atoms with Gasteiger partial charge < -0.3 is 9.80 Å². The molecule has 0 bridgehead atoms. The molecule has 2 aromatic rings. The van der Waals surface area contributed by atoms with Gasteiger partial charge >= 0.3 is 6.03 Å². The second-order valence-electron chi connectivity index (χ2n) is 8.74. The zero-order chi connectivity index (χ0) is 26.1. The number of non-ortho nitro benzene ring substituents is 1. The van der Waals surface area contributed by atoms with Crippen LogP contribution >= 0.6 is 0 Å². The number of hydrogen-bond donors (Lipinski definition) is 1. The van der Waals surface area contributed by atoms with Crippen LogP contribution < -0.4 is 15.1 Å².